The van der Waals surface area contributed by atoms with E-state index in [1.807, 2.05) is 24.3 Å². The van der Waals surface area contributed by atoms with Gasteiger partial charge in [-0.3, -0.25) is 9.59 Å². The van der Waals surface area contributed by atoms with Crippen LogP contribution in [0.4, 0.5) is 11.4 Å². The first kappa shape index (κ1) is 17.3. The number of rotatable bonds is 6. The zero-order valence-corrected chi connectivity index (χ0v) is 13.9. The van der Waals surface area contributed by atoms with Gasteiger partial charge in [0.2, 0.25) is 5.91 Å². The number of aliphatic carboxylic acids is 1. The van der Waals surface area contributed by atoms with Crippen LogP contribution in [0.1, 0.15) is 39.5 Å². The van der Waals surface area contributed by atoms with Gasteiger partial charge in [0.1, 0.15) is 0 Å². The number of carboxylic acids is 1. The van der Waals surface area contributed by atoms with Gasteiger partial charge in [0, 0.05) is 24.5 Å². The van der Waals surface area contributed by atoms with Crippen molar-refractivity contribution in [3.63, 3.8) is 0 Å². The molecular formula is C18H26N2O3. The molecule has 2 N–H and O–H groups in total. The highest BCUT2D eigenvalue weighted by Gasteiger charge is 2.35. The Hall–Kier alpha value is -2.04. The maximum atomic E-state index is 12.4. The van der Waals surface area contributed by atoms with E-state index in [1.54, 1.807) is 0 Å². The van der Waals surface area contributed by atoms with Gasteiger partial charge in [0.25, 0.3) is 0 Å². The molecule has 0 aromatic heterocycles. The topological polar surface area (TPSA) is 69.6 Å². The molecule has 1 fully saturated rings. The lowest BCUT2D eigenvalue weighted by Crippen LogP contribution is -2.36. The van der Waals surface area contributed by atoms with Crippen LogP contribution < -0.4 is 10.2 Å². The molecule has 2 atom stereocenters. The van der Waals surface area contributed by atoms with E-state index in [0.29, 0.717) is 12.8 Å². The van der Waals surface area contributed by atoms with Crippen LogP contribution in [0.2, 0.25) is 0 Å². The van der Waals surface area contributed by atoms with Crippen molar-refractivity contribution in [3.05, 3.63) is 24.3 Å². The molecule has 1 amide bonds. The summed E-state index contributed by atoms with van der Waals surface area (Å²) in [4.78, 5) is 26.0. The van der Waals surface area contributed by atoms with Gasteiger partial charge in [-0.15, -0.1) is 0 Å². The first-order valence-electron chi connectivity index (χ1n) is 8.45. The number of carbonyl (C=O) groups excluding carboxylic acids is 1. The zero-order chi connectivity index (χ0) is 16.8. The molecule has 23 heavy (non-hydrogen) atoms. The summed E-state index contributed by atoms with van der Waals surface area (Å²) >= 11 is 0. The zero-order valence-electron chi connectivity index (χ0n) is 13.9. The monoisotopic (exact) mass is 318 g/mol. The Kier molecular flexibility index (Phi) is 6.02. The molecule has 5 heteroatoms. The van der Waals surface area contributed by atoms with Crippen molar-refractivity contribution in [1.29, 1.82) is 0 Å². The highest BCUT2D eigenvalue weighted by Crippen LogP contribution is 2.31. The van der Waals surface area contributed by atoms with E-state index in [1.165, 1.54) is 0 Å². The first-order chi connectivity index (χ1) is 11.1. The number of amides is 1. The predicted octanol–water partition coefficient (Wildman–Crippen LogP) is 3.36. The van der Waals surface area contributed by atoms with Crippen LogP contribution in [-0.2, 0) is 9.59 Å². The predicted molar refractivity (Wildman–Crippen MR) is 91.7 cm³/mol. The van der Waals surface area contributed by atoms with Crippen molar-refractivity contribution in [2.45, 2.75) is 39.5 Å². The van der Waals surface area contributed by atoms with E-state index < -0.39 is 17.8 Å². The van der Waals surface area contributed by atoms with E-state index >= 15 is 0 Å². The maximum absolute atomic E-state index is 12.4. The molecule has 2 rings (SSSR count). The number of carboxylic acid groups (broad SMARTS) is 1. The summed E-state index contributed by atoms with van der Waals surface area (Å²) in [7, 11) is 0. The van der Waals surface area contributed by atoms with Gasteiger partial charge < -0.3 is 15.3 Å². The lowest BCUT2D eigenvalue weighted by molar-refractivity contribution is -0.147. The van der Waals surface area contributed by atoms with Crippen molar-refractivity contribution in [2.24, 2.45) is 11.8 Å². The molecule has 0 spiro atoms. The second-order valence-electron chi connectivity index (χ2n) is 6.04. The van der Waals surface area contributed by atoms with Crippen LogP contribution in [0, 0.1) is 11.8 Å². The quantitative estimate of drug-likeness (QED) is 0.844. The molecule has 0 saturated heterocycles. The molecule has 1 aliphatic rings. The lowest BCUT2D eigenvalue weighted by Gasteiger charge is -2.27. The third-order valence-corrected chi connectivity index (χ3v) is 4.68. The van der Waals surface area contributed by atoms with Gasteiger partial charge in [-0.25, -0.2) is 0 Å². The van der Waals surface area contributed by atoms with Gasteiger partial charge in [0.15, 0.2) is 0 Å². The van der Waals surface area contributed by atoms with Gasteiger partial charge >= 0.3 is 5.97 Å². The third kappa shape index (κ3) is 4.24. The van der Waals surface area contributed by atoms with Crippen molar-refractivity contribution in [1.82, 2.24) is 0 Å². The summed E-state index contributed by atoms with van der Waals surface area (Å²) in [6, 6.07) is 7.73. The number of benzene rings is 1. The van der Waals surface area contributed by atoms with E-state index in [-0.39, 0.29) is 5.91 Å². The fourth-order valence-corrected chi connectivity index (χ4v) is 3.32. The summed E-state index contributed by atoms with van der Waals surface area (Å²) in [5, 5.41) is 12.2. The average Bonchev–Trinajstić information content (AvgIpc) is 2.57. The number of nitrogens with one attached hydrogen (secondary N) is 1. The minimum atomic E-state index is -0.860. The van der Waals surface area contributed by atoms with Crippen LogP contribution >= 0.6 is 0 Å². The number of anilines is 2. The van der Waals surface area contributed by atoms with E-state index in [2.05, 4.69) is 24.1 Å². The molecule has 1 aliphatic carbocycles. The summed E-state index contributed by atoms with van der Waals surface area (Å²) in [5.74, 6) is -2.02. The number of nitrogens with zero attached hydrogens (tertiary/aromatic N) is 1. The first-order valence-corrected chi connectivity index (χ1v) is 8.45. The molecule has 1 aromatic carbocycles. The van der Waals surface area contributed by atoms with Gasteiger partial charge in [0.05, 0.1) is 11.8 Å². The van der Waals surface area contributed by atoms with Gasteiger partial charge in [-0.05, 0) is 51.0 Å². The summed E-state index contributed by atoms with van der Waals surface area (Å²) in [6.07, 6.45) is 3.05. The highest BCUT2D eigenvalue weighted by molar-refractivity contribution is 5.95. The average molecular weight is 318 g/mol. The van der Waals surface area contributed by atoms with Crippen molar-refractivity contribution in [2.75, 3.05) is 23.3 Å². The molecule has 1 aromatic rings. The molecule has 126 valence electrons. The maximum Gasteiger partial charge on any atom is 0.307 e. The molecular weight excluding hydrogens is 292 g/mol. The normalized spacial score (nSPS) is 20.8. The van der Waals surface area contributed by atoms with Crippen LogP contribution in [0.3, 0.4) is 0 Å². The number of carbonyl (C=O) groups is 2. The molecule has 5 nitrogen and oxygen atoms in total. The number of hydrogen-bond donors (Lipinski definition) is 2. The number of hydrogen-bond acceptors (Lipinski definition) is 3. The van der Waals surface area contributed by atoms with Crippen LogP contribution in [0.5, 0.6) is 0 Å². The van der Waals surface area contributed by atoms with Gasteiger partial charge in [-0.1, -0.05) is 12.8 Å². The van der Waals surface area contributed by atoms with Crippen molar-refractivity contribution in [3.8, 4) is 0 Å². The Balaban J connectivity index is 2.03. The molecule has 0 aliphatic heterocycles. The highest BCUT2D eigenvalue weighted by atomic mass is 16.4. The van der Waals surface area contributed by atoms with Crippen LogP contribution in [0.25, 0.3) is 0 Å². The minimum Gasteiger partial charge on any atom is -0.481 e. The van der Waals surface area contributed by atoms with Crippen molar-refractivity contribution >= 4 is 23.3 Å². The van der Waals surface area contributed by atoms with Crippen molar-refractivity contribution < 1.29 is 14.7 Å². The minimum absolute atomic E-state index is 0.173. The molecule has 0 heterocycles. The van der Waals surface area contributed by atoms with Crippen LogP contribution in [0.15, 0.2) is 24.3 Å². The molecule has 0 radical (unpaired) electrons. The second-order valence-corrected chi connectivity index (χ2v) is 6.04. The summed E-state index contributed by atoms with van der Waals surface area (Å²) < 4.78 is 0. The van der Waals surface area contributed by atoms with E-state index in [0.717, 1.165) is 37.3 Å². The Morgan fingerprint density at radius 3 is 2.17 bits per heavy atom. The smallest absolute Gasteiger partial charge is 0.307 e. The van der Waals surface area contributed by atoms with Crippen LogP contribution in [-0.4, -0.2) is 30.1 Å². The fraction of sp³-hybridized carbons (Fsp3) is 0.556. The van der Waals surface area contributed by atoms with Gasteiger partial charge in [-0.2, -0.15) is 0 Å². The lowest BCUT2D eigenvalue weighted by atomic mass is 9.78. The standard InChI is InChI=1S/C18H26N2O3/c1-3-20(4-2)14-11-9-13(10-12-14)19-17(21)15-7-5-6-8-16(15)18(22)23/h9-12,15-16H,3-8H2,1-2H3,(H,19,21)(H,22,23)/t15-,16-/m0/s1. The molecule has 0 unspecified atom stereocenters. The summed E-state index contributed by atoms with van der Waals surface area (Å²) in [6.45, 7) is 6.08. The van der Waals surface area contributed by atoms with E-state index in [4.69, 9.17) is 0 Å². The fourth-order valence-electron chi connectivity index (χ4n) is 3.32. The Morgan fingerprint density at radius 1 is 1.09 bits per heavy atom. The SMILES string of the molecule is CCN(CC)c1ccc(NC(=O)[C@H]2CCCC[C@@H]2C(=O)O)cc1. The largest absolute Gasteiger partial charge is 0.481 e. The Bertz CT molecular complexity index is 538. The van der Waals surface area contributed by atoms with E-state index in [9.17, 15) is 14.7 Å². The third-order valence-electron chi connectivity index (χ3n) is 4.68. The molecule has 0 bridgehead atoms. The second kappa shape index (κ2) is 7.99. The molecule has 1 saturated carbocycles. The summed E-state index contributed by atoms with van der Waals surface area (Å²) in [5.41, 5.74) is 1.84. The Labute approximate surface area is 137 Å². The Morgan fingerprint density at radius 2 is 1.65 bits per heavy atom.